The highest BCUT2D eigenvalue weighted by atomic mass is 79.9. The monoisotopic (exact) mass is 408 g/mol. The first-order valence-corrected chi connectivity index (χ1v) is 9.04. The van der Waals surface area contributed by atoms with Crippen LogP contribution in [0.15, 0.2) is 38.3 Å². The summed E-state index contributed by atoms with van der Waals surface area (Å²) in [4.78, 5) is 17.3. The Balaban J connectivity index is 2.14. The fraction of sp³-hybridized carbons (Fsp3) is 0.294. The third-order valence-corrected chi connectivity index (χ3v) is 5.27. The summed E-state index contributed by atoms with van der Waals surface area (Å²) in [6.07, 6.45) is 0. The van der Waals surface area contributed by atoms with Crippen molar-refractivity contribution in [3.8, 4) is 0 Å². The van der Waals surface area contributed by atoms with Gasteiger partial charge in [0.1, 0.15) is 0 Å². The van der Waals surface area contributed by atoms with E-state index in [1.54, 1.807) is 19.2 Å². The molecular formula is C17H17BrN2O3S. The van der Waals surface area contributed by atoms with Crippen LogP contribution in [0.25, 0.3) is 10.2 Å². The molecule has 7 heteroatoms. The average molecular weight is 409 g/mol. The molecular weight excluding hydrogens is 392 g/mol. The van der Waals surface area contributed by atoms with E-state index in [0.717, 1.165) is 10.2 Å². The van der Waals surface area contributed by atoms with Crippen LogP contribution in [-0.4, -0.2) is 24.2 Å². The predicted molar refractivity (Wildman–Crippen MR) is 97.5 cm³/mol. The van der Waals surface area contributed by atoms with Gasteiger partial charge in [0.25, 0.3) is 0 Å². The number of thiazole rings is 1. The van der Waals surface area contributed by atoms with E-state index >= 15 is 0 Å². The summed E-state index contributed by atoms with van der Waals surface area (Å²) in [5.74, 6) is -0.183. The molecule has 0 aliphatic rings. The summed E-state index contributed by atoms with van der Waals surface area (Å²) in [6.45, 7) is 5.34. The molecule has 0 radical (unpaired) electrons. The van der Waals surface area contributed by atoms with E-state index in [1.165, 1.54) is 22.5 Å². The van der Waals surface area contributed by atoms with Crippen molar-refractivity contribution in [1.29, 1.82) is 0 Å². The number of rotatable bonds is 4. The molecule has 3 aromatic rings. The van der Waals surface area contributed by atoms with Crippen LogP contribution in [0.4, 0.5) is 0 Å². The van der Waals surface area contributed by atoms with E-state index in [1.807, 2.05) is 4.57 Å². The third kappa shape index (κ3) is 3.38. The number of amides is 1. The van der Waals surface area contributed by atoms with Gasteiger partial charge in [-0.15, -0.1) is 0 Å². The van der Waals surface area contributed by atoms with E-state index in [2.05, 4.69) is 46.9 Å². The largest absolute Gasteiger partial charge is 0.444 e. The third-order valence-electron chi connectivity index (χ3n) is 3.80. The SMILES string of the molecule is COCCn1c(=NC(=O)c2ccc(Br)o2)sc2cc(C)c(C)cc21. The minimum atomic E-state index is -0.396. The molecule has 1 amide bonds. The van der Waals surface area contributed by atoms with Gasteiger partial charge in [-0.05, 0) is 65.2 Å². The molecule has 0 saturated heterocycles. The van der Waals surface area contributed by atoms with Crippen LogP contribution < -0.4 is 4.80 Å². The fourth-order valence-corrected chi connectivity index (χ4v) is 3.82. The Bertz CT molecular complexity index is 968. The Morgan fingerprint density at radius 1 is 1.33 bits per heavy atom. The standard InChI is InChI=1S/C17H17BrN2O3S/c1-10-8-12-14(9-11(10)2)24-17(20(12)6-7-22-3)19-16(21)13-4-5-15(18)23-13/h4-5,8-9H,6-7H2,1-3H3. The van der Waals surface area contributed by atoms with Crippen LogP contribution in [-0.2, 0) is 11.3 Å². The van der Waals surface area contributed by atoms with Gasteiger partial charge >= 0.3 is 5.91 Å². The Morgan fingerprint density at radius 2 is 2.08 bits per heavy atom. The van der Waals surface area contributed by atoms with Crippen LogP contribution in [0.5, 0.6) is 0 Å². The normalized spacial score (nSPS) is 12.2. The van der Waals surface area contributed by atoms with E-state index in [-0.39, 0.29) is 5.76 Å². The maximum absolute atomic E-state index is 12.3. The topological polar surface area (TPSA) is 56.7 Å². The number of aryl methyl sites for hydroxylation is 2. The van der Waals surface area contributed by atoms with Gasteiger partial charge in [-0.2, -0.15) is 4.99 Å². The summed E-state index contributed by atoms with van der Waals surface area (Å²) < 4.78 is 14.1. The molecule has 0 fully saturated rings. The average Bonchev–Trinajstić information content (AvgIpc) is 3.10. The lowest BCUT2D eigenvalue weighted by Crippen LogP contribution is -2.19. The van der Waals surface area contributed by atoms with Gasteiger partial charge in [-0.3, -0.25) is 4.79 Å². The Morgan fingerprint density at radius 3 is 2.75 bits per heavy atom. The number of carbonyl (C=O) groups excluding carboxylic acids is 1. The van der Waals surface area contributed by atoms with Crippen LogP contribution >= 0.6 is 27.3 Å². The van der Waals surface area contributed by atoms with E-state index in [9.17, 15) is 4.79 Å². The number of carbonyl (C=O) groups is 1. The maximum atomic E-state index is 12.3. The zero-order valence-electron chi connectivity index (χ0n) is 13.6. The Labute approximate surface area is 151 Å². The second kappa shape index (κ2) is 7.04. The molecule has 3 rings (SSSR count). The van der Waals surface area contributed by atoms with Crippen molar-refractivity contribution in [2.24, 2.45) is 4.99 Å². The van der Waals surface area contributed by atoms with Crippen molar-refractivity contribution in [1.82, 2.24) is 4.57 Å². The van der Waals surface area contributed by atoms with Crippen molar-refractivity contribution in [2.45, 2.75) is 20.4 Å². The number of benzene rings is 1. The van der Waals surface area contributed by atoms with Gasteiger partial charge in [0.05, 0.1) is 16.8 Å². The number of halogens is 1. The predicted octanol–water partition coefficient (Wildman–Crippen LogP) is 4.06. The number of ether oxygens (including phenoxy) is 1. The zero-order valence-corrected chi connectivity index (χ0v) is 16.0. The molecule has 126 valence electrons. The highest BCUT2D eigenvalue weighted by Crippen LogP contribution is 2.22. The van der Waals surface area contributed by atoms with Gasteiger partial charge in [0, 0.05) is 13.7 Å². The molecule has 2 aromatic heterocycles. The smallest absolute Gasteiger partial charge is 0.315 e. The Hall–Kier alpha value is -1.70. The Kier molecular flexibility index (Phi) is 5.03. The van der Waals surface area contributed by atoms with Crippen molar-refractivity contribution in [3.63, 3.8) is 0 Å². The lowest BCUT2D eigenvalue weighted by Gasteiger charge is -2.06. The first-order chi connectivity index (χ1) is 11.5. The fourth-order valence-electron chi connectivity index (χ4n) is 2.38. The molecule has 0 aliphatic heterocycles. The molecule has 0 bridgehead atoms. The molecule has 24 heavy (non-hydrogen) atoms. The van der Waals surface area contributed by atoms with Gasteiger partial charge < -0.3 is 13.7 Å². The highest BCUT2D eigenvalue weighted by Gasteiger charge is 2.13. The maximum Gasteiger partial charge on any atom is 0.315 e. The van der Waals surface area contributed by atoms with E-state index < -0.39 is 5.91 Å². The summed E-state index contributed by atoms with van der Waals surface area (Å²) >= 11 is 4.69. The van der Waals surface area contributed by atoms with Crippen LogP contribution in [0.1, 0.15) is 21.7 Å². The number of nitrogens with zero attached hydrogens (tertiary/aromatic N) is 2. The van der Waals surface area contributed by atoms with E-state index in [0.29, 0.717) is 22.6 Å². The summed E-state index contributed by atoms with van der Waals surface area (Å²) in [5.41, 5.74) is 3.49. The molecule has 0 aliphatic carbocycles. The highest BCUT2D eigenvalue weighted by molar-refractivity contribution is 9.10. The molecule has 0 spiro atoms. The van der Waals surface area contributed by atoms with E-state index in [4.69, 9.17) is 9.15 Å². The first-order valence-electron chi connectivity index (χ1n) is 7.43. The molecule has 0 N–H and O–H groups in total. The molecule has 0 atom stereocenters. The quantitative estimate of drug-likeness (QED) is 0.653. The van der Waals surface area contributed by atoms with Crippen molar-refractivity contribution >= 4 is 43.4 Å². The summed E-state index contributed by atoms with van der Waals surface area (Å²) in [6, 6.07) is 7.55. The lowest BCUT2D eigenvalue weighted by molar-refractivity contribution is 0.0969. The van der Waals surface area contributed by atoms with Crippen LogP contribution in [0.3, 0.4) is 0 Å². The summed E-state index contributed by atoms with van der Waals surface area (Å²) in [5, 5.41) is 0. The second-order valence-corrected chi connectivity index (χ2v) is 7.24. The number of aromatic nitrogens is 1. The van der Waals surface area contributed by atoms with Crippen molar-refractivity contribution in [2.75, 3.05) is 13.7 Å². The molecule has 5 nitrogen and oxygen atoms in total. The zero-order chi connectivity index (χ0) is 17.3. The van der Waals surface area contributed by atoms with Gasteiger partial charge in [0.15, 0.2) is 15.2 Å². The molecule has 1 aromatic carbocycles. The summed E-state index contributed by atoms with van der Waals surface area (Å²) in [7, 11) is 1.66. The van der Waals surface area contributed by atoms with Gasteiger partial charge in [0.2, 0.25) is 0 Å². The number of hydrogen-bond acceptors (Lipinski definition) is 4. The van der Waals surface area contributed by atoms with Crippen molar-refractivity contribution < 1.29 is 13.9 Å². The molecule has 2 heterocycles. The first kappa shape index (κ1) is 17.1. The van der Waals surface area contributed by atoms with Crippen molar-refractivity contribution in [3.05, 3.63) is 50.6 Å². The second-order valence-electron chi connectivity index (χ2n) is 5.45. The lowest BCUT2D eigenvalue weighted by atomic mass is 10.1. The van der Waals surface area contributed by atoms with Crippen LogP contribution in [0, 0.1) is 13.8 Å². The number of fused-ring (bicyclic) bond motifs is 1. The molecule has 0 unspecified atom stereocenters. The van der Waals surface area contributed by atoms with Gasteiger partial charge in [-0.1, -0.05) is 11.3 Å². The number of hydrogen-bond donors (Lipinski definition) is 0. The minimum Gasteiger partial charge on any atom is -0.444 e. The number of furan rings is 1. The van der Waals surface area contributed by atoms with Crippen LogP contribution in [0.2, 0.25) is 0 Å². The van der Waals surface area contributed by atoms with Gasteiger partial charge in [-0.25, -0.2) is 0 Å². The molecule has 0 saturated carbocycles. The minimum absolute atomic E-state index is 0.213. The number of methoxy groups -OCH3 is 1.